The molecule has 2 aliphatic rings. The van der Waals surface area contributed by atoms with Crippen molar-refractivity contribution in [2.75, 3.05) is 9.80 Å². The third kappa shape index (κ3) is 6.01. The summed E-state index contributed by atoms with van der Waals surface area (Å²) in [7, 11) is 0. The number of para-hydroxylation sites is 8. The van der Waals surface area contributed by atoms with E-state index in [4.69, 9.17) is 9.47 Å². The van der Waals surface area contributed by atoms with Crippen LogP contribution in [0.25, 0.3) is 76.5 Å². The highest BCUT2D eigenvalue weighted by Crippen LogP contribution is 2.55. The third-order valence-electron chi connectivity index (χ3n) is 13.8. The molecule has 2 heterocycles. The molecule has 0 saturated carbocycles. The van der Waals surface area contributed by atoms with Crippen molar-refractivity contribution in [2.45, 2.75) is 0 Å². The van der Waals surface area contributed by atoms with Crippen LogP contribution >= 0.6 is 0 Å². The van der Waals surface area contributed by atoms with Gasteiger partial charge < -0.3 is 19.3 Å². The van der Waals surface area contributed by atoms with Gasteiger partial charge >= 0.3 is 0 Å². The van der Waals surface area contributed by atoms with Gasteiger partial charge in [0.25, 0.3) is 0 Å². The molecule has 2 aliphatic heterocycles. The summed E-state index contributed by atoms with van der Waals surface area (Å²) in [5, 5.41) is 9.50. The molecular formula is C64H40N2O2. The Labute approximate surface area is 393 Å². The predicted molar refractivity (Wildman–Crippen MR) is 282 cm³/mol. The zero-order valence-electron chi connectivity index (χ0n) is 36.8. The Morgan fingerprint density at radius 3 is 1.26 bits per heavy atom. The van der Waals surface area contributed by atoms with Crippen LogP contribution in [-0.2, 0) is 0 Å². The minimum atomic E-state index is 0.823. The molecule has 4 nitrogen and oxygen atoms in total. The van der Waals surface area contributed by atoms with E-state index < -0.39 is 0 Å². The fraction of sp³-hybridized carbons (Fsp3) is 0. The minimum absolute atomic E-state index is 0.823. The average Bonchev–Trinajstić information content (AvgIpc) is 3.40. The number of hydrogen-bond acceptors (Lipinski definition) is 4. The predicted octanol–water partition coefficient (Wildman–Crippen LogP) is 18.5. The maximum atomic E-state index is 6.52. The van der Waals surface area contributed by atoms with Crippen LogP contribution in [0.4, 0.5) is 34.1 Å². The van der Waals surface area contributed by atoms with Crippen molar-refractivity contribution in [3.05, 3.63) is 243 Å². The van der Waals surface area contributed by atoms with Gasteiger partial charge in [0.1, 0.15) is 0 Å². The second-order valence-electron chi connectivity index (χ2n) is 17.6. The second kappa shape index (κ2) is 15.2. The quantitative estimate of drug-likeness (QED) is 0.161. The Balaban J connectivity index is 1.10. The molecule has 0 spiro atoms. The third-order valence-corrected chi connectivity index (χ3v) is 13.8. The van der Waals surface area contributed by atoms with Gasteiger partial charge in [-0.25, -0.2) is 0 Å². The van der Waals surface area contributed by atoms with Gasteiger partial charge in [-0.05, 0) is 161 Å². The van der Waals surface area contributed by atoms with Crippen molar-refractivity contribution < 1.29 is 9.47 Å². The Hall–Kier alpha value is -9.12. The molecule has 0 radical (unpaired) electrons. The van der Waals surface area contributed by atoms with E-state index in [1.54, 1.807) is 0 Å². The molecule has 14 rings (SSSR count). The molecule has 318 valence electrons. The van der Waals surface area contributed by atoms with Crippen LogP contribution in [0.1, 0.15) is 0 Å². The Morgan fingerprint density at radius 1 is 0.250 bits per heavy atom. The number of nitrogens with zero attached hydrogens (tertiary/aromatic N) is 2. The zero-order valence-corrected chi connectivity index (χ0v) is 36.8. The van der Waals surface area contributed by atoms with Gasteiger partial charge in [0.2, 0.25) is 0 Å². The van der Waals surface area contributed by atoms with E-state index in [1.807, 2.05) is 24.3 Å². The van der Waals surface area contributed by atoms with Crippen LogP contribution in [0.2, 0.25) is 0 Å². The normalized spacial score (nSPS) is 12.6. The summed E-state index contributed by atoms with van der Waals surface area (Å²) in [6.07, 6.45) is 0. The van der Waals surface area contributed by atoms with Crippen LogP contribution in [0.5, 0.6) is 23.0 Å². The van der Waals surface area contributed by atoms with Crippen molar-refractivity contribution in [3.63, 3.8) is 0 Å². The van der Waals surface area contributed by atoms with Crippen molar-refractivity contribution in [3.8, 4) is 56.4 Å². The highest BCUT2D eigenvalue weighted by Gasteiger charge is 2.29. The van der Waals surface area contributed by atoms with E-state index in [0.717, 1.165) is 89.8 Å². The average molecular weight is 869 g/mol. The fourth-order valence-electron chi connectivity index (χ4n) is 10.7. The smallest absolute Gasteiger partial charge is 0.151 e. The van der Waals surface area contributed by atoms with Gasteiger partial charge in [-0.2, -0.15) is 0 Å². The molecule has 0 atom stereocenters. The summed E-state index contributed by atoms with van der Waals surface area (Å²) < 4.78 is 13.0. The van der Waals surface area contributed by atoms with Gasteiger partial charge in [-0.1, -0.05) is 158 Å². The van der Waals surface area contributed by atoms with Crippen LogP contribution < -0.4 is 19.3 Å². The highest BCUT2D eigenvalue weighted by atomic mass is 16.5. The Bertz CT molecular complexity index is 3930. The lowest BCUT2D eigenvalue weighted by molar-refractivity contribution is 0.477. The molecular weight excluding hydrogens is 829 g/mol. The fourth-order valence-corrected chi connectivity index (χ4v) is 10.7. The summed E-state index contributed by atoms with van der Waals surface area (Å²) in [5.41, 5.74) is 13.1. The van der Waals surface area contributed by atoms with Gasteiger partial charge in [0, 0.05) is 11.4 Å². The molecule has 0 amide bonds. The number of rotatable bonds is 5. The summed E-state index contributed by atoms with van der Waals surface area (Å²) >= 11 is 0. The van der Waals surface area contributed by atoms with E-state index >= 15 is 0 Å². The molecule has 68 heavy (non-hydrogen) atoms. The Kier molecular flexibility index (Phi) is 8.55. The number of hydrogen-bond donors (Lipinski definition) is 0. The number of ether oxygens (including phenoxy) is 2. The largest absolute Gasteiger partial charge is 0.453 e. The van der Waals surface area contributed by atoms with Gasteiger partial charge in [-0.15, -0.1) is 0 Å². The summed E-state index contributed by atoms with van der Waals surface area (Å²) in [5.74, 6) is 3.29. The molecule has 12 aromatic rings. The lowest BCUT2D eigenvalue weighted by Gasteiger charge is -2.33. The van der Waals surface area contributed by atoms with Crippen LogP contribution in [0.15, 0.2) is 243 Å². The van der Waals surface area contributed by atoms with E-state index in [9.17, 15) is 0 Å². The number of fused-ring (bicyclic) bond motifs is 8. The summed E-state index contributed by atoms with van der Waals surface area (Å²) in [4.78, 5) is 4.69. The van der Waals surface area contributed by atoms with E-state index in [0.29, 0.717) is 0 Å². The van der Waals surface area contributed by atoms with Crippen LogP contribution in [0.3, 0.4) is 0 Å². The van der Waals surface area contributed by atoms with Crippen molar-refractivity contribution in [1.82, 2.24) is 0 Å². The molecule has 0 N–H and O–H groups in total. The molecule has 0 aromatic heterocycles. The lowest BCUT2D eigenvalue weighted by Crippen LogP contribution is -2.15. The molecule has 4 heteroatoms. The second-order valence-corrected chi connectivity index (χ2v) is 17.6. The number of anilines is 6. The van der Waals surface area contributed by atoms with E-state index in [2.05, 4.69) is 228 Å². The van der Waals surface area contributed by atoms with Gasteiger partial charge in [0.15, 0.2) is 23.0 Å². The molecule has 0 fully saturated rings. The number of benzene rings is 12. The van der Waals surface area contributed by atoms with Gasteiger partial charge in [0.05, 0.1) is 22.7 Å². The highest BCUT2D eigenvalue weighted by molar-refractivity contribution is 6.23. The van der Waals surface area contributed by atoms with E-state index in [-0.39, 0.29) is 0 Å². The molecule has 0 aliphatic carbocycles. The first-order chi connectivity index (χ1) is 33.7. The molecule has 0 bridgehead atoms. The molecule has 12 aromatic carbocycles. The maximum Gasteiger partial charge on any atom is 0.151 e. The first-order valence-corrected chi connectivity index (χ1v) is 23.2. The molecule has 0 unspecified atom stereocenters. The minimum Gasteiger partial charge on any atom is -0.453 e. The SMILES string of the molecule is c1cc(-c2cccc3ccccc23)cc(-c2c3ccc(N4c5ccccc5Oc5ccccc54)cc3c(-c3ccc4ccccc4c3)c3ccc(N4c5ccccc5Oc5ccccc54)cc23)c1. The van der Waals surface area contributed by atoms with Crippen molar-refractivity contribution in [2.24, 2.45) is 0 Å². The maximum absolute atomic E-state index is 6.52. The Morgan fingerprint density at radius 2 is 0.691 bits per heavy atom. The van der Waals surface area contributed by atoms with Crippen molar-refractivity contribution >= 4 is 77.2 Å². The topological polar surface area (TPSA) is 24.9 Å². The molecule has 0 saturated heterocycles. The lowest BCUT2D eigenvalue weighted by atomic mass is 9.84. The van der Waals surface area contributed by atoms with Gasteiger partial charge in [-0.3, -0.25) is 0 Å². The van der Waals surface area contributed by atoms with Crippen molar-refractivity contribution in [1.29, 1.82) is 0 Å². The summed E-state index contributed by atoms with van der Waals surface area (Å²) in [6.45, 7) is 0. The van der Waals surface area contributed by atoms with E-state index in [1.165, 1.54) is 43.8 Å². The standard InChI is InChI=1S/C64H40N2O2/c1-2-17-43-37-46(32-31-41(43)15-1)64-52-36-34-47(65-55-23-5-9-27-59(55)67-60-28-10-6-24-56(60)65)39-53(52)63(45-20-13-19-44(38-45)50-22-14-18-42-16-3-4-21-49(42)50)51-35-33-48(40-54(51)64)66-57-25-7-11-29-61(57)68-62-30-12-8-26-58(62)66/h1-40H. The van der Waals surface area contributed by atoms with Crippen LogP contribution in [-0.4, -0.2) is 0 Å². The monoisotopic (exact) mass is 868 g/mol. The summed E-state index contributed by atoms with van der Waals surface area (Å²) in [6, 6.07) is 87.4. The first kappa shape index (κ1) is 38.2. The van der Waals surface area contributed by atoms with Crippen LogP contribution in [0, 0.1) is 0 Å². The zero-order chi connectivity index (χ0) is 44.7. The first-order valence-electron chi connectivity index (χ1n) is 23.2.